The molecule has 2 aromatic rings. The molecule has 0 saturated carbocycles. The molecule has 18 heavy (non-hydrogen) atoms. The van der Waals surface area contributed by atoms with E-state index in [9.17, 15) is 0 Å². The van der Waals surface area contributed by atoms with E-state index in [1.54, 1.807) is 0 Å². The Morgan fingerprint density at radius 2 is 1.72 bits per heavy atom. The minimum Gasteiger partial charge on any atom is -0.374 e. The second-order valence-electron chi connectivity index (χ2n) is 3.75. The second-order valence-corrected chi connectivity index (χ2v) is 3.75. The third kappa shape index (κ3) is 3.44. The van der Waals surface area contributed by atoms with Crippen molar-refractivity contribution in [1.82, 2.24) is 0 Å². The normalized spacial score (nSPS) is 8.83. The molecule has 0 spiro atoms. The molecular formula is C17H13N. The number of hydrogen-bond acceptors (Lipinski definition) is 1. The molecule has 0 radical (unpaired) electrons. The van der Waals surface area contributed by atoms with Crippen molar-refractivity contribution in [3.05, 3.63) is 65.7 Å². The molecule has 0 aliphatic rings. The molecule has 0 bridgehead atoms. The molecule has 0 saturated heterocycles. The van der Waals surface area contributed by atoms with Gasteiger partial charge in [-0.3, -0.25) is 0 Å². The second kappa shape index (κ2) is 6.18. The van der Waals surface area contributed by atoms with Gasteiger partial charge < -0.3 is 5.32 Å². The average Bonchev–Trinajstić information content (AvgIpc) is 2.45. The lowest BCUT2D eigenvalue weighted by molar-refractivity contribution is 1.37. The first-order chi connectivity index (χ1) is 8.88. The lowest BCUT2D eigenvalue weighted by Crippen LogP contribution is -1.98. The van der Waals surface area contributed by atoms with Crippen LogP contribution in [0.25, 0.3) is 0 Å². The summed E-state index contributed by atoms with van der Waals surface area (Å²) in [4.78, 5) is 0. The molecule has 2 rings (SSSR count). The van der Waals surface area contributed by atoms with Gasteiger partial charge in [-0.1, -0.05) is 42.0 Å². The van der Waals surface area contributed by atoms with Gasteiger partial charge in [-0.2, -0.15) is 0 Å². The fourth-order valence-corrected chi connectivity index (χ4v) is 1.53. The van der Waals surface area contributed by atoms with Crippen LogP contribution in [0, 0.1) is 24.2 Å². The van der Waals surface area contributed by atoms with Crippen molar-refractivity contribution in [3.63, 3.8) is 0 Å². The van der Waals surface area contributed by atoms with Crippen molar-refractivity contribution < 1.29 is 0 Å². The molecule has 0 fully saturated rings. The number of terminal acetylenes is 1. The highest BCUT2D eigenvalue weighted by Crippen LogP contribution is 2.08. The van der Waals surface area contributed by atoms with Gasteiger partial charge in [-0.05, 0) is 30.3 Å². The van der Waals surface area contributed by atoms with Gasteiger partial charge in [0, 0.05) is 16.8 Å². The maximum atomic E-state index is 5.34. The van der Waals surface area contributed by atoms with E-state index in [0.717, 1.165) is 16.8 Å². The number of hydrogen-bond donors (Lipinski definition) is 1. The molecule has 2 aromatic carbocycles. The Labute approximate surface area is 108 Å². The Balaban J connectivity index is 1.93. The summed E-state index contributed by atoms with van der Waals surface area (Å²) in [5, 5.41) is 3.22. The fraction of sp³-hybridized carbons (Fsp3) is 0.0588. The standard InChI is InChI=1S/C17H13N/c1-2-15-10-6-12-17(14-15)18-13-7-11-16-8-4-3-5-9-16/h1,3-6,8-10,12,14,18H,13H2. The highest BCUT2D eigenvalue weighted by molar-refractivity contribution is 5.50. The lowest BCUT2D eigenvalue weighted by Gasteiger charge is -2.01. The molecule has 0 aliphatic carbocycles. The SMILES string of the molecule is C#Cc1cccc(NCC#Cc2ccccc2)c1. The van der Waals surface area contributed by atoms with Crippen LogP contribution in [-0.4, -0.2) is 6.54 Å². The lowest BCUT2D eigenvalue weighted by atomic mass is 10.2. The third-order valence-corrected chi connectivity index (χ3v) is 2.42. The van der Waals surface area contributed by atoms with Gasteiger partial charge in [0.2, 0.25) is 0 Å². The molecule has 1 nitrogen and oxygen atoms in total. The van der Waals surface area contributed by atoms with E-state index in [2.05, 4.69) is 23.1 Å². The van der Waals surface area contributed by atoms with Crippen LogP contribution in [0.2, 0.25) is 0 Å². The topological polar surface area (TPSA) is 12.0 Å². The molecule has 0 heterocycles. The molecular weight excluding hydrogens is 218 g/mol. The van der Waals surface area contributed by atoms with E-state index in [-0.39, 0.29) is 0 Å². The molecule has 1 N–H and O–H groups in total. The van der Waals surface area contributed by atoms with Gasteiger partial charge in [0.1, 0.15) is 0 Å². The summed E-state index contributed by atoms with van der Waals surface area (Å²) in [5.74, 6) is 8.77. The van der Waals surface area contributed by atoms with Crippen LogP contribution in [0.5, 0.6) is 0 Å². The third-order valence-electron chi connectivity index (χ3n) is 2.42. The van der Waals surface area contributed by atoms with E-state index >= 15 is 0 Å². The smallest absolute Gasteiger partial charge is 0.0769 e. The van der Waals surface area contributed by atoms with E-state index in [0.29, 0.717) is 6.54 Å². The van der Waals surface area contributed by atoms with Crippen molar-refractivity contribution in [1.29, 1.82) is 0 Å². The molecule has 1 heteroatoms. The Bertz CT molecular complexity index is 609. The van der Waals surface area contributed by atoms with Gasteiger partial charge in [-0.25, -0.2) is 0 Å². The Kier molecular flexibility index (Phi) is 4.07. The highest BCUT2D eigenvalue weighted by Gasteiger charge is 1.90. The van der Waals surface area contributed by atoms with Crippen LogP contribution in [0.15, 0.2) is 54.6 Å². The predicted octanol–water partition coefficient (Wildman–Crippen LogP) is 3.13. The zero-order valence-electron chi connectivity index (χ0n) is 9.98. The number of benzene rings is 2. The van der Waals surface area contributed by atoms with Gasteiger partial charge in [-0.15, -0.1) is 6.42 Å². The Hall–Kier alpha value is -2.64. The quantitative estimate of drug-likeness (QED) is 0.783. The van der Waals surface area contributed by atoms with E-state index in [1.165, 1.54) is 0 Å². The van der Waals surface area contributed by atoms with Crippen molar-refractivity contribution in [2.24, 2.45) is 0 Å². The van der Waals surface area contributed by atoms with Crippen LogP contribution in [0.4, 0.5) is 5.69 Å². The zero-order valence-corrected chi connectivity index (χ0v) is 9.98. The Morgan fingerprint density at radius 1 is 0.944 bits per heavy atom. The average molecular weight is 231 g/mol. The van der Waals surface area contributed by atoms with E-state index in [4.69, 9.17) is 6.42 Å². The van der Waals surface area contributed by atoms with E-state index < -0.39 is 0 Å². The summed E-state index contributed by atoms with van der Waals surface area (Å²) in [5.41, 5.74) is 2.89. The zero-order chi connectivity index (χ0) is 12.6. The number of nitrogens with one attached hydrogen (secondary N) is 1. The van der Waals surface area contributed by atoms with Gasteiger partial charge in [0.15, 0.2) is 0 Å². The Morgan fingerprint density at radius 3 is 2.50 bits per heavy atom. The van der Waals surface area contributed by atoms with Gasteiger partial charge in [0.05, 0.1) is 6.54 Å². The molecule has 0 amide bonds. The molecule has 86 valence electrons. The maximum Gasteiger partial charge on any atom is 0.0769 e. The van der Waals surface area contributed by atoms with Crippen molar-refractivity contribution >= 4 is 5.69 Å². The number of anilines is 1. The molecule has 0 atom stereocenters. The largest absolute Gasteiger partial charge is 0.374 e. The molecule has 0 aliphatic heterocycles. The van der Waals surface area contributed by atoms with Crippen LogP contribution in [-0.2, 0) is 0 Å². The fourth-order valence-electron chi connectivity index (χ4n) is 1.53. The molecule has 0 unspecified atom stereocenters. The predicted molar refractivity (Wildman–Crippen MR) is 76.2 cm³/mol. The maximum absolute atomic E-state index is 5.34. The van der Waals surface area contributed by atoms with Crippen LogP contribution < -0.4 is 5.32 Å². The van der Waals surface area contributed by atoms with Gasteiger partial charge in [0.25, 0.3) is 0 Å². The summed E-state index contributed by atoms with van der Waals surface area (Å²) < 4.78 is 0. The monoisotopic (exact) mass is 231 g/mol. The van der Waals surface area contributed by atoms with Crippen LogP contribution >= 0.6 is 0 Å². The molecule has 0 aromatic heterocycles. The first-order valence-corrected chi connectivity index (χ1v) is 5.73. The summed E-state index contributed by atoms with van der Waals surface area (Å²) in [7, 11) is 0. The van der Waals surface area contributed by atoms with Crippen molar-refractivity contribution in [3.8, 4) is 24.2 Å². The van der Waals surface area contributed by atoms with Crippen LogP contribution in [0.1, 0.15) is 11.1 Å². The number of rotatable bonds is 2. The minimum absolute atomic E-state index is 0.600. The minimum atomic E-state index is 0.600. The van der Waals surface area contributed by atoms with Crippen LogP contribution in [0.3, 0.4) is 0 Å². The van der Waals surface area contributed by atoms with Crippen molar-refractivity contribution in [2.45, 2.75) is 0 Å². The highest BCUT2D eigenvalue weighted by atomic mass is 14.8. The first-order valence-electron chi connectivity index (χ1n) is 5.73. The van der Waals surface area contributed by atoms with Gasteiger partial charge >= 0.3 is 0 Å². The summed E-state index contributed by atoms with van der Waals surface area (Å²) in [6, 6.07) is 17.7. The summed E-state index contributed by atoms with van der Waals surface area (Å²) in [6.45, 7) is 0.600. The van der Waals surface area contributed by atoms with Crippen molar-refractivity contribution in [2.75, 3.05) is 11.9 Å². The first kappa shape index (κ1) is 11.8. The summed E-state index contributed by atoms with van der Waals surface area (Å²) in [6.07, 6.45) is 5.34. The van der Waals surface area contributed by atoms with E-state index in [1.807, 2.05) is 54.6 Å². The summed E-state index contributed by atoms with van der Waals surface area (Å²) >= 11 is 0.